The Hall–Kier alpha value is -1.89. The van der Waals surface area contributed by atoms with Gasteiger partial charge in [0.2, 0.25) is 0 Å². The van der Waals surface area contributed by atoms with Crippen LogP contribution in [0.3, 0.4) is 0 Å². The highest BCUT2D eigenvalue weighted by molar-refractivity contribution is 7.17. The Morgan fingerprint density at radius 1 is 1.25 bits per heavy atom. The third kappa shape index (κ3) is 3.36. The first-order valence-corrected chi connectivity index (χ1v) is 6.42. The third-order valence-electron chi connectivity index (χ3n) is 2.45. The number of ketones is 1. The maximum absolute atomic E-state index is 12.0. The lowest BCUT2D eigenvalue weighted by atomic mass is 10.2. The lowest BCUT2D eigenvalue weighted by molar-refractivity contribution is -0.274. The van der Waals surface area contributed by atoms with Crippen molar-refractivity contribution < 1.29 is 22.7 Å². The van der Waals surface area contributed by atoms with Crippen LogP contribution in [0.25, 0.3) is 10.6 Å². The van der Waals surface area contributed by atoms with Gasteiger partial charge < -0.3 is 4.74 Å². The minimum absolute atomic E-state index is 0.0803. The Morgan fingerprint density at radius 2 is 1.85 bits per heavy atom. The molecule has 0 N–H and O–H groups in total. The van der Waals surface area contributed by atoms with Crippen LogP contribution in [0.15, 0.2) is 24.3 Å². The predicted octanol–water partition coefficient (Wildman–Crippen LogP) is 4.22. The van der Waals surface area contributed by atoms with Crippen LogP contribution in [0.4, 0.5) is 13.2 Å². The average molecular weight is 301 g/mol. The number of aryl methyl sites for hydroxylation is 1. The number of thiazole rings is 1. The third-order valence-corrected chi connectivity index (χ3v) is 3.76. The quantitative estimate of drug-likeness (QED) is 0.797. The molecule has 20 heavy (non-hydrogen) atoms. The highest BCUT2D eigenvalue weighted by Gasteiger charge is 2.31. The lowest BCUT2D eigenvalue weighted by Crippen LogP contribution is -2.16. The zero-order valence-electron chi connectivity index (χ0n) is 10.6. The zero-order valence-corrected chi connectivity index (χ0v) is 11.4. The number of ether oxygens (including phenoxy) is 1. The van der Waals surface area contributed by atoms with E-state index < -0.39 is 6.36 Å². The van der Waals surface area contributed by atoms with Gasteiger partial charge in [-0.3, -0.25) is 4.79 Å². The second-order valence-corrected chi connectivity index (χ2v) is 5.06. The maximum atomic E-state index is 12.0. The van der Waals surface area contributed by atoms with Crippen molar-refractivity contribution in [3.05, 3.63) is 34.8 Å². The van der Waals surface area contributed by atoms with Crippen molar-refractivity contribution in [1.82, 2.24) is 4.98 Å². The average Bonchev–Trinajstić information content (AvgIpc) is 2.70. The number of carbonyl (C=O) groups excluding carboxylic acids is 1. The Kier molecular flexibility index (Phi) is 3.80. The number of aromatic nitrogens is 1. The summed E-state index contributed by atoms with van der Waals surface area (Å²) >= 11 is 1.22. The van der Waals surface area contributed by atoms with Gasteiger partial charge in [-0.1, -0.05) is 0 Å². The number of hydrogen-bond acceptors (Lipinski definition) is 4. The monoisotopic (exact) mass is 301 g/mol. The molecular formula is C13H10F3NO2S. The summed E-state index contributed by atoms with van der Waals surface area (Å²) in [4.78, 5) is 16.1. The number of carbonyl (C=O) groups is 1. The molecule has 0 saturated heterocycles. The standard InChI is InChI=1S/C13H10F3NO2S/c1-7-11(8(2)18)20-12(17-7)9-3-5-10(6-4-9)19-13(14,15)16/h3-6H,1-2H3. The molecule has 0 radical (unpaired) electrons. The van der Waals surface area contributed by atoms with Crippen LogP contribution in [-0.2, 0) is 0 Å². The van der Waals surface area contributed by atoms with E-state index in [4.69, 9.17) is 0 Å². The molecule has 0 unspecified atom stereocenters. The van der Waals surface area contributed by atoms with Gasteiger partial charge in [0.1, 0.15) is 10.8 Å². The Labute approximate surface area is 117 Å². The summed E-state index contributed by atoms with van der Waals surface area (Å²) in [7, 11) is 0. The molecule has 0 saturated carbocycles. The fourth-order valence-corrected chi connectivity index (χ4v) is 2.61. The van der Waals surface area contributed by atoms with Crippen molar-refractivity contribution in [2.45, 2.75) is 20.2 Å². The van der Waals surface area contributed by atoms with Gasteiger partial charge in [0.15, 0.2) is 5.78 Å². The number of Topliss-reactive ketones (excluding diaryl/α,β-unsaturated/α-hetero) is 1. The molecule has 0 bridgehead atoms. The molecule has 3 nitrogen and oxygen atoms in total. The van der Waals surface area contributed by atoms with Crippen molar-refractivity contribution >= 4 is 17.1 Å². The SMILES string of the molecule is CC(=O)c1sc(-c2ccc(OC(F)(F)F)cc2)nc1C. The fraction of sp³-hybridized carbons (Fsp3) is 0.231. The van der Waals surface area contributed by atoms with Gasteiger partial charge in [0.25, 0.3) is 0 Å². The van der Waals surface area contributed by atoms with Crippen molar-refractivity contribution in [2.75, 3.05) is 0 Å². The predicted molar refractivity (Wildman–Crippen MR) is 69.0 cm³/mol. The summed E-state index contributed by atoms with van der Waals surface area (Å²) in [6.45, 7) is 3.17. The lowest BCUT2D eigenvalue weighted by Gasteiger charge is -2.08. The summed E-state index contributed by atoms with van der Waals surface area (Å²) in [6.07, 6.45) is -4.71. The topological polar surface area (TPSA) is 39.2 Å². The number of rotatable bonds is 3. The van der Waals surface area contributed by atoms with Crippen molar-refractivity contribution in [3.8, 4) is 16.3 Å². The minimum Gasteiger partial charge on any atom is -0.406 e. The molecule has 1 heterocycles. The number of halogens is 3. The molecule has 2 aromatic rings. The Morgan fingerprint density at radius 3 is 2.30 bits per heavy atom. The number of hydrogen-bond donors (Lipinski definition) is 0. The summed E-state index contributed by atoms with van der Waals surface area (Å²) < 4.78 is 39.9. The van der Waals surface area contributed by atoms with E-state index in [0.717, 1.165) is 0 Å². The largest absolute Gasteiger partial charge is 0.573 e. The van der Waals surface area contributed by atoms with Gasteiger partial charge in [-0.15, -0.1) is 24.5 Å². The van der Waals surface area contributed by atoms with Crippen molar-refractivity contribution in [1.29, 1.82) is 0 Å². The van der Waals surface area contributed by atoms with E-state index in [-0.39, 0.29) is 11.5 Å². The molecule has 1 aromatic heterocycles. The van der Waals surface area contributed by atoms with Crippen LogP contribution < -0.4 is 4.74 Å². The first-order valence-electron chi connectivity index (χ1n) is 5.61. The van der Waals surface area contributed by atoms with E-state index >= 15 is 0 Å². The van der Waals surface area contributed by atoms with Gasteiger partial charge in [-0.05, 0) is 31.2 Å². The van der Waals surface area contributed by atoms with Crippen LogP contribution in [0.2, 0.25) is 0 Å². The van der Waals surface area contributed by atoms with Gasteiger partial charge in [0.05, 0.1) is 10.6 Å². The molecule has 106 valence electrons. The molecule has 0 amide bonds. The van der Waals surface area contributed by atoms with Crippen LogP contribution in [0.1, 0.15) is 22.3 Å². The van der Waals surface area contributed by atoms with Crippen LogP contribution in [0, 0.1) is 6.92 Å². The zero-order chi connectivity index (χ0) is 14.9. The molecule has 7 heteroatoms. The van der Waals surface area contributed by atoms with Gasteiger partial charge in [0, 0.05) is 12.5 Å². The number of alkyl halides is 3. The fourth-order valence-electron chi connectivity index (χ4n) is 1.65. The second kappa shape index (κ2) is 5.24. The second-order valence-electron chi connectivity index (χ2n) is 4.06. The van der Waals surface area contributed by atoms with E-state index in [1.807, 2.05) is 0 Å². The first kappa shape index (κ1) is 14.5. The van der Waals surface area contributed by atoms with Crippen molar-refractivity contribution in [3.63, 3.8) is 0 Å². The highest BCUT2D eigenvalue weighted by atomic mass is 32.1. The van der Waals surface area contributed by atoms with Crippen LogP contribution in [0.5, 0.6) is 5.75 Å². The summed E-state index contributed by atoms with van der Waals surface area (Å²) in [5.41, 5.74) is 1.26. The Bertz CT molecular complexity index is 632. The van der Waals surface area contributed by atoms with E-state index in [0.29, 0.717) is 21.1 Å². The van der Waals surface area contributed by atoms with Gasteiger partial charge in [-0.2, -0.15) is 0 Å². The van der Waals surface area contributed by atoms with Crippen molar-refractivity contribution in [2.24, 2.45) is 0 Å². The molecular weight excluding hydrogens is 291 g/mol. The minimum atomic E-state index is -4.71. The number of nitrogens with zero attached hydrogens (tertiary/aromatic N) is 1. The maximum Gasteiger partial charge on any atom is 0.573 e. The molecule has 0 fully saturated rings. The molecule has 0 spiro atoms. The molecule has 0 aliphatic carbocycles. The molecule has 0 aliphatic heterocycles. The number of benzene rings is 1. The molecule has 2 rings (SSSR count). The van der Waals surface area contributed by atoms with E-state index in [1.54, 1.807) is 6.92 Å². The van der Waals surface area contributed by atoms with Gasteiger partial charge >= 0.3 is 6.36 Å². The summed E-state index contributed by atoms with van der Waals surface area (Å²) in [5, 5.41) is 0.589. The first-order chi connectivity index (χ1) is 9.26. The highest BCUT2D eigenvalue weighted by Crippen LogP contribution is 2.30. The van der Waals surface area contributed by atoms with Gasteiger partial charge in [-0.25, -0.2) is 4.98 Å². The Balaban J connectivity index is 2.26. The summed E-state index contributed by atoms with van der Waals surface area (Å²) in [5.74, 6) is -0.371. The van der Waals surface area contributed by atoms with Crippen LogP contribution in [-0.4, -0.2) is 17.1 Å². The van der Waals surface area contributed by atoms with E-state index in [9.17, 15) is 18.0 Å². The van der Waals surface area contributed by atoms with Crippen LogP contribution >= 0.6 is 11.3 Å². The van der Waals surface area contributed by atoms with E-state index in [1.165, 1.54) is 42.5 Å². The van der Waals surface area contributed by atoms with E-state index in [2.05, 4.69) is 9.72 Å². The molecule has 0 atom stereocenters. The summed E-state index contributed by atoms with van der Waals surface area (Å²) in [6, 6.07) is 5.38. The molecule has 1 aromatic carbocycles. The molecule has 0 aliphatic rings. The smallest absolute Gasteiger partial charge is 0.406 e. The normalized spacial score (nSPS) is 11.4.